The van der Waals surface area contributed by atoms with Gasteiger partial charge in [-0.25, -0.2) is 4.39 Å². The van der Waals surface area contributed by atoms with Crippen molar-refractivity contribution >= 4 is 11.6 Å². The molecule has 3 nitrogen and oxygen atoms in total. The van der Waals surface area contributed by atoms with E-state index >= 15 is 0 Å². The Labute approximate surface area is 114 Å². The summed E-state index contributed by atoms with van der Waals surface area (Å²) in [5, 5.41) is 0. The van der Waals surface area contributed by atoms with Crippen LogP contribution in [0.5, 0.6) is 0 Å². The second-order valence-corrected chi connectivity index (χ2v) is 4.60. The Morgan fingerprint density at radius 3 is 2.63 bits per heavy atom. The number of para-hydroxylation sites is 1. The van der Waals surface area contributed by atoms with Gasteiger partial charge >= 0.3 is 0 Å². The van der Waals surface area contributed by atoms with Crippen molar-refractivity contribution in [3.8, 4) is 0 Å². The van der Waals surface area contributed by atoms with E-state index in [9.17, 15) is 9.18 Å². The number of nitrogens with zero attached hydrogens (tertiary/aromatic N) is 1. The molecule has 0 aliphatic heterocycles. The summed E-state index contributed by atoms with van der Waals surface area (Å²) in [7, 11) is 0. The number of amides is 1. The standard InChI is InChI=1S/C15H23FN2O/c1-2-3-4-10-15(19)18(12-7-11-17)14-9-6-5-8-13(14)16/h5-6,8-9H,2-4,7,10-12,17H2,1H3. The Morgan fingerprint density at radius 1 is 1.26 bits per heavy atom. The lowest BCUT2D eigenvalue weighted by atomic mass is 10.1. The topological polar surface area (TPSA) is 46.3 Å². The Morgan fingerprint density at radius 2 is 2.00 bits per heavy atom. The van der Waals surface area contributed by atoms with Crippen LogP contribution in [-0.4, -0.2) is 19.0 Å². The molecule has 0 atom stereocenters. The lowest BCUT2D eigenvalue weighted by Crippen LogP contribution is -2.33. The summed E-state index contributed by atoms with van der Waals surface area (Å²) in [6, 6.07) is 6.39. The molecule has 0 bridgehead atoms. The molecule has 0 saturated heterocycles. The van der Waals surface area contributed by atoms with E-state index in [-0.39, 0.29) is 11.7 Å². The summed E-state index contributed by atoms with van der Waals surface area (Å²) in [6.45, 7) is 3.06. The molecule has 0 saturated carbocycles. The molecule has 2 N–H and O–H groups in total. The van der Waals surface area contributed by atoms with E-state index in [1.165, 1.54) is 11.0 Å². The summed E-state index contributed by atoms with van der Waals surface area (Å²) in [5.41, 5.74) is 5.84. The molecule has 19 heavy (non-hydrogen) atoms. The summed E-state index contributed by atoms with van der Waals surface area (Å²) < 4.78 is 13.8. The lowest BCUT2D eigenvalue weighted by Gasteiger charge is -2.23. The molecule has 4 heteroatoms. The van der Waals surface area contributed by atoms with Crippen molar-refractivity contribution in [3.05, 3.63) is 30.1 Å². The van der Waals surface area contributed by atoms with Crippen molar-refractivity contribution in [1.82, 2.24) is 0 Å². The van der Waals surface area contributed by atoms with Gasteiger partial charge in [0.15, 0.2) is 0 Å². The predicted molar refractivity (Wildman–Crippen MR) is 76.6 cm³/mol. The fourth-order valence-corrected chi connectivity index (χ4v) is 1.96. The molecule has 0 fully saturated rings. The summed E-state index contributed by atoms with van der Waals surface area (Å²) in [6.07, 6.45) is 4.08. The van der Waals surface area contributed by atoms with Crippen LogP contribution in [0.25, 0.3) is 0 Å². The van der Waals surface area contributed by atoms with Crippen LogP contribution in [0.1, 0.15) is 39.0 Å². The van der Waals surface area contributed by atoms with Crippen molar-refractivity contribution in [2.75, 3.05) is 18.0 Å². The average molecular weight is 266 g/mol. The van der Waals surface area contributed by atoms with Crippen LogP contribution >= 0.6 is 0 Å². The minimum Gasteiger partial charge on any atom is -0.330 e. The van der Waals surface area contributed by atoms with Crippen molar-refractivity contribution in [3.63, 3.8) is 0 Å². The lowest BCUT2D eigenvalue weighted by molar-refractivity contribution is -0.118. The van der Waals surface area contributed by atoms with E-state index in [0.29, 0.717) is 31.6 Å². The zero-order valence-corrected chi connectivity index (χ0v) is 11.6. The molecule has 1 aromatic rings. The van der Waals surface area contributed by atoms with E-state index in [4.69, 9.17) is 5.73 Å². The third-order valence-corrected chi connectivity index (χ3v) is 3.02. The van der Waals surface area contributed by atoms with Crippen LogP contribution in [-0.2, 0) is 4.79 Å². The van der Waals surface area contributed by atoms with Gasteiger partial charge in [-0.05, 0) is 31.5 Å². The number of rotatable bonds is 8. The molecule has 106 valence electrons. The monoisotopic (exact) mass is 266 g/mol. The summed E-state index contributed by atoms with van der Waals surface area (Å²) in [4.78, 5) is 13.7. The molecule has 1 rings (SSSR count). The quantitative estimate of drug-likeness (QED) is 0.735. The molecule has 0 aromatic heterocycles. The van der Waals surface area contributed by atoms with Crippen LogP contribution in [0.2, 0.25) is 0 Å². The first-order chi connectivity index (χ1) is 9.20. The van der Waals surface area contributed by atoms with Gasteiger partial charge in [-0.15, -0.1) is 0 Å². The zero-order chi connectivity index (χ0) is 14.1. The van der Waals surface area contributed by atoms with E-state index in [1.807, 2.05) is 0 Å². The summed E-state index contributed by atoms with van der Waals surface area (Å²) in [5.74, 6) is -0.379. The normalized spacial score (nSPS) is 10.5. The van der Waals surface area contributed by atoms with E-state index < -0.39 is 0 Å². The number of hydrogen-bond acceptors (Lipinski definition) is 2. The average Bonchev–Trinajstić information content (AvgIpc) is 2.41. The molecule has 0 unspecified atom stereocenters. The minimum atomic E-state index is -0.358. The van der Waals surface area contributed by atoms with Crippen molar-refractivity contribution in [1.29, 1.82) is 0 Å². The second-order valence-electron chi connectivity index (χ2n) is 4.60. The van der Waals surface area contributed by atoms with Gasteiger partial charge in [0, 0.05) is 13.0 Å². The van der Waals surface area contributed by atoms with Gasteiger partial charge < -0.3 is 10.6 Å². The Balaban J connectivity index is 2.76. The number of hydrogen-bond donors (Lipinski definition) is 1. The first-order valence-electron chi connectivity index (χ1n) is 6.95. The highest BCUT2D eigenvalue weighted by molar-refractivity contribution is 5.93. The minimum absolute atomic E-state index is 0.0213. The number of benzene rings is 1. The van der Waals surface area contributed by atoms with E-state index in [0.717, 1.165) is 19.3 Å². The smallest absolute Gasteiger partial charge is 0.227 e. The molecule has 0 aliphatic rings. The van der Waals surface area contributed by atoms with Crippen LogP contribution in [0.3, 0.4) is 0 Å². The maximum absolute atomic E-state index is 13.8. The van der Waals surface area contributed by atoms with Gasteiger partial charge in [-0.3, -0.25) is 4.79 Å². The van der Waals surface area contributed by atoms with Crippen molar-refractivity contribution < 1.29 is 9.18 Å². The molecule has 1 aromatic carbocycles. The Hall–Kier alpha value is -1.42. The van der Waals surface area contributed by atoms with Gasteiger partial charge in [-0.1, -0.05) is 31.9 Å². The molecular formula is C15H23FN2O. The van der Waals surface area contributed by atoms with Crippen molar-refractivity contribution in [2.45, 2.75) is 39.0 Å². The highest BCUT2D eigenvalue weighted by atomic mass is 19.1. The number of carbonyl (C=O) groups excluding carboxylic acids is 1. The van der Waals surface area contributed by atoms with Crippen molar-refractivity contribution in [2.24, 2.45) is 5.73 Å². The first-order valence-corrected chi connectivity index (χ1v) is 6.95. The van der Waals surface area contributed by atoms with Crippen LogP contribution in [0, 0.1) is 5.82 Å². The van der Waals surface area contributed by atoms with Crippen LogP contribution < -0.4 is 10.6 Å². The number of unbranched alkanes of at least 4 members (excludes halogenated alkanes) is 2. The fourth-order valence-electron chi connectivity index (χ4n) is 1.96. The highest BCUT2D eigenvalue weighted by Gasteiger charge is 2.17. The molecule has 1 amide bonds. The number of halogens is 1. The van der Waals surface area contributed by atoms with Gasteiger partial charge in [0.05, 0.1) is 5.69 Å². The number of anilines is 1. The van der Waals surface area contributed by atoms with Gasteiger partial charge in [-0.2, -0.15) is 0 Å². The van der Waals surface area contributed by atoms with E-state index in [1.54, 1.807) is 18.2 Å². The second kappa shape index (κ2) is 8.64. The number of carbonyl (C=O) groups is 1. The SMILES string of the molecule is CCCCCC(=O)N(CCCN)c1ccccc1F. The third kappa shape index (κ3) is 4.99. The third-order valence-electron chi connectivity index (χ3n) is 3.02. The molecule has 0 aliphatic carbocycles. The maximum Gasteiger partial charge on any atom is 0.227 e. The van der Waals surface area contributed by atoms with Gasteiger partial charge in [0.1, 0.15) is 5.82 Å². The van der Waals surface area contributed by atoms with Crippen LogP contribution in [0.4, 0.5) is 10.1 Å². The maximum atomic E-state index is 13.8. The molecule has 0 spiro atoms. The fraction of sp³-hybridized carbons (Fsp3) is 0.533. The molecular weight excluding hydrogens is 243 g/mol. The summed E-state index contributed by atoms with van der Waals surface area (Å²) >= 11 is 0. The molecule has 0 radical (unpaired) electrons. The van der Waals surface area contributed by atoms with Gasteiger partial charge in [0.2, 0.25) is 5.91 Å². The first kappa shape index (κ1) is 15.6. The highest BCUT2D eigenvalue weighted by Crippen LogP contribution is 2.20. The number of nitrogens with two attached hydrogens (primary N) is 1. The van der Waals surface area contributed by atoms with Gasteiger partial charge in [0.25, 0.3) is 0 Å². The Kier molecular flexibility index (Phi) is 7.11. The van der Waals surface area contributed by atoms with Crippen LogP contribution in [0.15, 0.2) is 24.3 Å². The van der Waals surface area contributed by atoms with E-state index in [2.05, 4.69) is 6.92 Å². The Bertz CT molecular complexity index is 395. The predicted octanol–water partition coefficient (Wildman–Crippen LogP) is 3.09. The largest absolute Gasteiger partial charge is 0.330 e. The zero-order valence-electron chi connectivity index (χ0n) is 11.6. The molecule has 0 heterocycles.